The van der Waals surface area contributed by atoms with E-state index in [0.29, 0.717) is 0 Å². The molecule has 2 amide bonds. The SMILES string of the molecule is COC(=O)C(C)NC(=O)NC(CCS(C)(=O)=O)C(=O)O. The third-order valence-electron chi connectivity index (χ3n) is 2.28. The standard InChI is InChI=1S/C10H18N2O7S/c1-6(9(15)19-2)11-10(16)12-7(8(13)14)4-5-20(3,17)18/h6-7H,4-5H2,1-3H3,(H,13,14)(H2,11,12,16). The third-order valence-corrected chi connectivity index (χ3v) is 3.26. The summed E-state index contributed by atoms with van der Waals surface area (Å²) in [6.45, 7) is 1.36. The summed E-state index contributed by atoms with van der Waals surface area (Å²) < 4.78 is 26.3. The Kier molecular flexibility index (Phi) is 6.97. The second-order valence-electron chi connectivity index (χ2n) is 4.17. The van der Waals surface area contributed by atoms with Crippen molar-refractivity contribution < 1.29 is 32.6 Å². The van der Waals surface area contributed by atoms with E-state index < -0.39 is 39.9 Å². The maximum atomic E-state index is 11.5. The van der Waals surface area contributed by atoms with Gasteiger partial charge in [-0.1, -0.05) is 0 Å². The minimum Gasteiger partial charge on any atom is -0.480 e. The summed E-state index contributed by atoms with van der Waals surface area (Å²) in [7, 11) is -2.19. The minimum atomic E-state index is -3.34. The van der Waals surface area contributed by atoms with E-state index in [4.69, 9.17) is 5.11 Å². The molecule has 2 unspecified atom stereocenters. The van der Waals surface area contributed by atoms with Crippen molar-refractivity contribution in [2.24, 2.45) is 0 Å². The molecule has 0 radical (unpaired) electrons. The highest BCUT2D eigenvalue weighted by Gasteiger charge is 2.23. The van der Waals surface area contributed by atoms with Gasteiger partial charge < -0.3 is 20.5 Å². The lowest BCUT2D eigenvalue weighted by molar-refractivity contribution is -0.142. The van der Waals surface area contributed by atoms with E-state index in [-0.39, 0.29) is 12.2 Å². The van der Waals surface area contributed by atoms with Crippen molar-refractivity contribution in [1.29, 1.82) is 0 Å². The molecular formula is C10H18N2O7S. The number of ether oxygens (including phenoxy) is 1. The van der Waals surface area contributed by atoms with Gasteiger partial charge in [-0.3, -0.25) is 0 Å². The molecule has 2 atom stereocenters. The molecule has 0 fully saturated rings. The quantitative estimate of drug-likeness (QED) is 0.498. The summed E-state index contributed by atoms with van der Waals surface area (Å²) in [5, 5.41) is 13.1. The van der Waals surface area contributed by atoms with Gasteiger partial charge in [-0.25, -0.2) is 22.8 Å². The number of hydrogen-bond acceptors (Lipinski definition) is 6. The zero-order chi connectivity index (χ0) is 15.9. The number of carbonyl (C=O) groups is 3. The smallest absolute Gasteiger partial charge is 0.328 e. The fraction of sp³-hybridized carbons (Fsp3) is 0.700. The highest BCUT2D eigenvalue weighted by Crippen LogP contribution is 1.97. The van der Waals surface area contributed by atoms with Gasteiger partial charge in [0.1, 0.15) is 21.9 Å². The van der Waals surface area contributed by atoms with Crippen LogP contribution in [0.15, 0.2) is 0 Å². The molecule has 0 aromatic heterocycles. The lowest BCUT2D eigenvalue weighted by Gasteiger charge is -2.17. The molecule has 116 valence electrons. The molecule has 0 heterocycles. The Bertz CT molecular complexity index is 474. The van der Waals surface area contributed by atoms with Crippen molar-refractivity contribution in [1.82, 2.24) is 10.6 Å². The van der Waals surface area contributed by atoms with Gasteiger partial charge in [-0.15, -0.1) is 0 Å². The van der Waals surface area contributed by atoms with Crippen LogP contribution in [0.3, 0.4) is 0 Å². The molecule has 0 aromatic rings. The number of hydrogen-bond donors (Lipinski definition) is 3. The van der Waals surface area contributed by atoms with Crippen LogP contribution >= 0.6 is 0 Å². The van der Waals surface area contributed by atoms with E-state index in [0.717, 1.165) is 13.4 Å². The van der Waals surface area contributed by atoms with Crippen LogP contribution in [0.5, 0.6) is 0 Å². The molecule has 0 rings (SSSR count). The zero-order valence-electron chi connectivity index (χ0n) is 11.4. The Hall–Kier alpha value is -1.84. The lowest BCUT2D eigenvalue weighted by atomic mass is 10.2. The first-order valence-electron chi connectivity index (χ1n) is 5.62. The predicted molar refractivity (Wildman–Crippen MR) is 68.9 cm³/mol. The third kappa shape index (κ3) is 7.56. The summed E-state index contributed by atoms with van der Waals surface area (Å²) in [5.41, 5.74) is 0. The van der Waals surface area contributed by atoms with Crippen LogP contribution < -0.4 is 10.6 Å². The van der Waals surface area contributed by atoms with Gasteiger partial charge >= 0.3 is 18.0 Å². The van der Waals surface area contributed by atoms with Crippen LogP contribution in [-0.2, 0) is 24.2 Å². The fourth-order valence-electron chi connectivity index (χ4n) is 1.22. The first-order valence-corrected chi connectivity index (χ1v) is 7.68. The Labute approximate surface area is 116 Å². The first-order chi connectivity index (χ1) is 9.06. The Morgan fingerprint density at radius 1 is 1.25 bits per heavy atom. The van der Waals surface area contributed by atoms with Crippen molar-refractivity contribution in [2.75, 3.05) is 19.1 Å². The maximum absolute atomic E-state index is 11.5. The number of esters is 1. The predicted octanol–water partition coefficient (Wildman–Crippen LogP) is -1.26. The number of carboxylic acid groups (broad SMARTS) is 1. The van der Waals surface area contributed by atoms with Gasteiger partial charge in [-0.2, -0.15) is 0 Å². The molecule has 3 N–H and O–H groups in total. The van der Waals surface area contributed by atoms with Gasteiger partial charge in [0, 0.05) is 6.26 Å². The number of amides is 2. The number of carbonyl (C=O) groups excluding carboxylic acids is 2. The Morgan fingerprint density at radius 2 is 1.80 bits per heavy atom. The Morgan fingerprint density at radius 3 is 2.20 bits per heavy atom. The van der Waals surface area contributed by atoms with Crippen LogP contribution in [-0.4, -0.2) is 62.7 Å². The highest BCUT2D eigenvalue weighted by atomic mass is 32.2. The molecule has 0 aliphatic carbocycles. The van der Waals surface area contributed by atoms with E-state index in [1.54, 1.807) is 0 Å². The van der Waals surface area contributed by atoms with Crippen molar-refractivity contribution >= 4 is 27.8 Å². The van der Waals surface area contributed by atoms with Crippen molar-refractivity contribution in [3.05, 3.63) is 0 Å². The second kappa shape index (κ2) is 7.68. The van der Waals surface area contributed by atoms with E-state index in [1.807, 2.05) is 0 Å². The molecule has 0 saturated heterocycles. The summed E-state index contributed by atoms with van der Waals surface area (Å²) in [6.07, 6.45) is 0.694. The van der Waals surface area contributed by atoms with Crippen LogP contribution in [0.4, 0.5) is 4.79 Å². The number of methoxy groups -OCH3 is 1. The largest absolute Gasteiger partial charge is 0.480 e. The average molecular weight is 310 g/mol. The maximum Gasteiger partial charge on any atom is 0.328 e. The molecule has 20 heavy (non-hydrogen) atoms. The van der Waals surface area contributed by atoms with Crippen LogP contribution in [0.2, 0.25) is 0 Å². The fourth-order valence-corrected chi connectivity index (χ4v) is 1.89. The zero-order valence-corrected chi connectivity index (χ0v) is 12.2. The number of sulfone groups is 1. The molecule has 0 bridgehead atoms. The van der Waals surface area contributed by atoms with E-state index in [2.05, 4.69) is 15.4 Å². The summed E-state index contributed by atoms with van der Waals surface area (Å²) in [4.78, 5) is 33.4. The topological polar surface area (TPSA) is 139 Å². The number of urea groups is 1. The monoisotopic (exact) mass is 310 g/mol. The van der Waals surface area contributed by atoms with Crippen LogP contribution in [0, 0.1) is 0 Å². The van der Waals surface area contributed by atoms with Crippen LogP contribution in [0.25, 0.3) is 0 Å². The molecule has 0 aliphatic heterocycles. The normalized spacial score (nSPS) is 13.9. The van der Waals surface area contributed by atoms with Gasteiger partial charge in [0.15, 0.2) is 0 Å². The van der Waals surface area contributed by atoms with E-state index in [9.17, 15) is 22.8 Å². The summed E-state index contributed by atoms with van der Waals surface area (Å²) >= 11 is 0. The van der Waals surface area contributed by atoms with E-state index >= 15 is 0 Å². The van der Waals surface area contributed by atoms with Crippen LogP contribution in [0.1, 0.15) is 13.3 Å². The molecular weight excluding hydrogens is 292 g/mol. The molecule has 0 saturated carbocycles. The van der Waals surface area contributed by atoms with E-state index in [1.165, 1.54) is 6.92 Å². The molecule has 0 spiro atoms. The number of nitrogens with one attached hydrogen (secondary N) is 2. The molecule has 0 aliphatic rings. The number of carboxylic acids is 1. The second-order valence-corrected chi connectivity index (χ2v) is 6.43. The van der Waals surface area contributed by atoms with Crippen molar-refractivity contribution in [3.8, 4) is 0 Å². The lowest BCUT2D eigenvalue weighted by Crippen LogP contribution is -2.50. The average Bonchev–Trinajstić information content (AvgIpc) is 2.31. The van der Waals surface area contributed by atoms with Gasteiger partial charge in [0.05, 0.1) is 12.9 Å². The van der Waals surface area contributed by atoms with Gasteiger partial charge in [-0.05, 0) is 13.3 Å². The van der Waals surface area contributed by atoms with Crippen molar-refractivity contribution in [2.45, 2.75) is 25.4 Å². The van der Waals surface area contributed by atoms with Gasteiger partial charge in [0.2, 0.25) is 0 Å². The molecule has 0 aromatic carbocycles. The van der Waals surface area contributed by atoms with Crippen molar-refractivity contribution in [3.63, 3.8) is 0 Å². The van der Waals surface area contributed by atoms with Gasteiger partial charge in [0.25, 0.3) is 0 Å². The number of rotatable bonds is 7. The first kappa shape index (κ1) is 18.2. The summed E-state index contributed by atoms with van der Waals surface area (Å²) in [5.74, 6) is -2.44. The summed E-state index contributed by atoms with van der Waals surface area (Å²) in [6, 6.07) is -3.22. The molecule has 10 heteroatoms. The number of aliphatic carboxylic acids is 1. The molecule has 9 nitrogen and oxygen atoms in total. The highest BCUT2D eigenvalue weighted by molar-refractivity contribution is 7.90. The Balaban J connectivity index is 4.49. The minimum absolute atomic E-state index is 0.270.